The molecule has 0 unspecified atom stereocenters. The van der Waals surface area contributed by atoms with E-state index in [0.717, 1.165) is 0 Å². The fourth-order valence-electron chi connectivity index (χ4n) is 1.62. The minimum atomic E-state index is -0.353. The first-order chi connectivity index (χ1) is 9.74. The van der Waals surface area contributed by atoms with Gasteiger partial charge in [-0.3, -0.25) is 4.79 Å². The quantitative estimate of drug-likeness (QED) is 0.843. The second-order valence-corrected chi connectivity index (χ2v) is 3.87. The molecule has 1 amide bonds. The lowest BCUT2D eigenvalue weighted by Gasteiger charge is -2.11. The summed E-state index contributed by atoms with van der Waals surface area (Å²) in [6.07, 6.45) is 1.43. The summed E-state index contributed by atoms with van der Waals surface area (Å²) < 4.78 is 15.5. The molecule has 0 bridgehead atoms. The number of nitrogens with one attached hydrogen (secondary N) is 1. The number of aliphatic hydroxyl groups excluding tert-OH is 1. The summed E-state index contributed by atoms with van der Waals surface area (Å²) in [4.78, 5) is 11.8. The third-order valence-electron chi connectivity index (χ3n) is 2.52. The van der Waals surface area contributed by atoms with Gasteiger partial charge in [0.2, 0.25) is 0 Å². The highest BCUT2D eigenvalue weighted by Crippen LogP contribution is 2.30. The zero-order valence-electron chi connectivity index (χ0n) is 11.0. The molecule has 1 heterocycles. The summed E-state index contributed by atoms with van der Waals surface area (Å²) in [5, 5.41) is 11.5. The van der Waals surface area contributed by atoms with Crippen molar-refractivity contribution in [3.05, 3.63) is 42.4 Å². The standard InChI is InChI=1S/C14H15NO5/c1-18-11-5-4-10(9-13(11)20-8-6-16)15-14(17)12-3-2-7-19-12/h2-5,7,9,16H,6,8H2,1H3,(H,15,17). The van der Waals surface area contributed by atoms with E-state index in [-0.39, 0.29) is 24.9 Å². The molecule has 1 aromatic carbocycles. The molecule has 0 saturated carbocycles. The van der Waals surface area contributed by atoms with Crippen LogP contribution in [-0.2, 0) is 0 Å². The molecule has 2 rings (SSSR count). The Kier molecular flexibility index (Phi) is 4.62. The van der Waals surface area contributed by atoms with Crippen LogP contribution in [0.5, 0.6) is 11.5 Å². The average molecular weight is 277 g/mol. The molecule has 0 atom stereocenters. The Balaban J connectivity index is 2.13. The summed E-state index contributed by atoms with van der Waals surface area (Å²) in [7, 11) is 1.52. The van der Waals surface area contributed by atoms with Crippen LogP contribution in [0.3, 0.4) is 0 Å². The van der Waals surface area contributed by atoms with E-state index in [9.17, 15) is 4.79 Å². The first-order valence-electron chi connectivity index (χ1n) is 6.01. The molecule has 6 heteroatoms. The van der Waals surface area contributed by atoms with Crippen LogP contribution in [0.2, 0.25) is 0 Å². The number of amides is 1. The second kappa shape index (κ2) is 6.63. The molecule has 0 fully saturated rings. The average Bonchev–Trinajstić information content (AvgIpc) is 2.99. The van der Waals surface area contributed by atoms with E-state index in [0.29, 0.717) is 17.2 Å². The summed E-state index contributed by atoms with van der Waals surface area (Å²) in [5.41, 5.74) is 0.542. The Labute approximate surface area is 115 Å². The maximum Gasteiger partial charge on any atom is 0.291 e. The third-order valence-corrected chi connectivity index (χ3v) is 2.52. The van der Waals surface area contributed by atoms with E-state index in [4.69, 9.17) is 19.0 Å². The van der Waals surface area contributed by atoms with Gasteiger partial charge in [-0.2, -0.15) is 0 Å². The van der Waals surface area contributed by atoms with Crippen molar-refractivity contribution in [3.8, 4) is 11.5 Å². The van der Waals surface area contributed by atoms with E-state index < -0.39 is 0 Å². The van der Waals surface area contributed by atoms with E-state index in [1.165, 1.54) is 13.4 Å². The monoisotopic (exact) mass is 277 g/mol. The van der Waals surface area contributed by atoms with Crippen LogP contribution in [0, 0.1) is 0 Å². The Hall–Kier alpha value is -2.47. The van der Waals surface area contributed by atoms with Crippen molar-refractivity contribution in [2.24, 2.45) is 0 Å². The van der Waals surface area contributed by atoms with Crippen molar-refractivity contribution < 1.29 is 23.8 Å². The number of benzene rings is 1. The number of aliphatic hydroxyl groups is 1. The van der Waals surface area contributed by atoms with Gasteiger partial charge >= 0.3 is 0 Å². The number of methoxy groups -OCH3 is 1. The molecule has 0 aliphatic heterocycles. The number of anilines is 1. The predicted octanol–water partition coefficient (Wildman–Crippen LogP) is 1.91. The third kappa shape index (κ3) is 3.30. The number of furan rings is 1. The van der Waals surface area contributed by atoms with Crippen LogP contribution in [0.1, 0.15) is 10.6 Å². The number of hydrogen-bond donors (Lipinski definition) is 2. The van der Waals surface area contributed by atoms with Crippen LogP contribution >= 0.6 is 0 Å². The van der Waals surface area contributed by atoms with Crippen LogP contribution in [-0.4, -0.2) is 31.3 Å². The van der Waals surface area contributed by atoms with Crippen molar-refractivity contribution in [2.45, 2.75) is 0 Å². The Morgan fingerprint density at radius 3 is 2.85 bits per heavy atom. The Morgan fingerprint density at radius 1 is 1.35 bits per heavy atom. The lowest BCUT2D eigenvalue weighted by Crippen LogP contribution is -2.11. The molecule has 0 saturated heterocycles. The van der Waals surface area contributed by atoms with Gasteiger partial charge in [-0.1, -0.05) is 0 Å². The molecule has 0 aliphatic carbocycles. The van der Waals surface area contributed by atoms with Gasteiger partial charge in [-0.05, 0) is 24.3 Å². The first-order valence-corrected chi connectivity index (χ1v) is 6.01. The normalized spacial score (nSPS) is 10.1. The molecule has 20 heavy (non-hydrogen) atoms. The van der Waals surface area contributed by atoms with Gasteiger partial charge in [0.05, 0.1) is 20.0 Å². The number of hydrogen-bond acceptors (Lipinski definition) is 5. The van der Waals surface area contributed by atoms with Crippen LogP contribution in [0.15, 0.2) is 41.0 Å². The van der Waals surface area contributed by atoms with Crippen molar-refractivity contribution in [3.63, 3.8) is 0 Å². The molecule has 0 aliphatic rings. The van der Waals surface area contributed by atoms with Gasteiger partial charge in [0.1, 0.15) is 6.61 Å². The van der Waals surface area contributed by atoms with E-state index >= 15 is 0 Å². The fraction of sp³-hybridized carbons (Fsp3) is 0.214. The predicted molar refractivity (Wildman–Crippen MR) is 72.2 cm³/mol. The highest BCUT2D eigenvalue weighted by atomic mass is 16.5. The lowest BCUT2D eigenvalue weighted by atomic mass is 10.2. The SMILES string of the molecule is COc1ccc(NC(=O)c2ccco2)cc1OCCO. The lowest BCUT2D eigenvalue weighted by molar-refractivity contribution is 0.0996. The topological polar surface area (TPSA) is 80.9 Å². The molecule has 0 spiro atoms. The molecular weight excluding hydrogens is 262 g/mol. The van der Waals surface area contributed by atoms with E-state index in [1.807, 2.05) is 0 Å². The van der Waals surface area contributed by atoms with Crippen LogP contribution < -0.4 is 14.8 Å². The molecule has 6 nitrogen and oxygen atoms in total. The Bertz CT molecular complexity index is 565. The van der Waals surface area contributed by atoms with Gasteiger partial charge < -0.3 is 24.3 Å². The molecule has 2 aromatic rings. The number of rotatable bonds is 6. The molecule has 106 valence electrons. The molecular formula is C14H15NO5. The smallest absolute Gasteiger partial charge is 0.291 e. The number of carbonyl (C=O) groups is 1. The van der Waals surface area contributed by atoms with Crippen molar-refractivity contribution in [1.82, 2.24) is 0 Å². The first kappa shape index (κ1) is 14.0. The highest BCUT2D eigenvalue weighted by Gasteiger charge is 2.11. The van der Waals surface area contributed by atoms with Gasteiger partial charge in [0.25, 0.3) is 5.91 Å². The summed E-state index contributed by atoms with van der Waals surface area (Å²) in [6, 6.07) is 8.19. The van der Waals surface area contributed by atoms with Gasteiger partial charge in [-0.15, -0.1) is 0 Å². The molecule has 1 aromatic heterocycles. The van der Waals surface area contributed by atoms with Crippen molar-refractivity contribution in [2.75, 3.05) is 25.6 Å². The van der Waals surface area contributed by atoms with E-state index in [1.54, 1.807) is 30.3 Å². The maximum absolute atomic E-state index is 11.8. The molecule has 2 N–H and O–H groups in total. The Morgan fingerprint density at radius 2 is 2.20 bits per heavy atom. The minimum absolute atomic E-state index is 0.105. The van der Waals surface area contributed by atoms with Crippen LogP contribution in [0.25, 0.3) is 0 Å². The van der Waals surface area contributed by atoms with E-state index in [2.05, 4.69) is 5.32 Å². The van der Waals surface area contributed by atoms with Gasteiger partial charge in [-0.25, -0.2) is 0 Å². The zero-order chi connectivity index (χ0) is 14.4. The fourth-order valence-corrected chi connectivity index (χ4v) is 1.62. The van der Waals surface area contributed by atoms with Crippen molar-refractivity contribution >= 4 is 11.6 Å². The summed E-state index contributed by atoms with van der Waals surface area (Å²) >= 11 is 0. The number of carbonyl (C=O) groups excluding carboxylic acids is 1. The van der Waals surface area contributed by atoms with Crippen molar-refractivity contribution in [1.29, 1.82) is 0 Å². The largest absolute Gasteiger partial charge is 0.493 e. The van der Waals surface area contributed by atoms with Gasteiger partial charge in [0, 0.05) is 11.8 Å². The molecule has 0 radical (unpaired) electrons. The minimum Gasteiger partial charge on any atom is -0.493 e. The van der Waals surface area contributed by atoms with Gasteiger partial charge in [0.15, 0.2) is 17.3 Å². The zero-order valence-corrected chi connectivity index (χ0v) is 11.0. The maximum atomic E-state index is 11.8. The summed E-state index contributed by atoms with van der Waals surface area (Å²) in [5.74, 6) is 0.833. The highest BCUT2D eigenvalue weighted by molar-refractivity contribution is 6.02. The summed E-state index contributed by atoms with van der Waals surface area (Å²) in [6.45, 7) is 0.0398. The number of ether oxygens (including phenoxy) is 2. The van der Waals surface area contributed by atoms with Crippen LogP contribution in [0.4, 0.5) is 5.69 Å². The second-order valence-electron chi connectivity index (χ2n) is 3.87.